The lowest BCUT2D eigenvalue weighted by atomic mass is 10.2. The fraction of sp³-hybridized carbons (Fsp3) is 0.0909. The van der Waals surface area contributed by atoms with Gasteiger partial charge in [0.1, 0.15) is 28.6 Å². The second kappa shape index (κ2) is 4.78. The highest BCUT2D eigenvalue weighted by atomic mass is 32.1. The molecule has 0 aliphatic rings. The first-order valence-corrected chi connectivity index (χ1v) is 5.73. The highest BCUT2D eigenvalue weighted by Crippen LogP contribution is 2.32. The molecule has 2 aromatic rings. The van der Waals surface area contributed by atoms with Gasteiger partial charge in [-0.1, -0.05) is 18.2 Å². The topological polar surface area (TPSA) is 61.6 Å². The van der Waals surface area contributed by atoms with Crippen LogP contribution in [0.1, 0.15) is 11.3 Å². The summed E-state index contributed by atoms with van der Waals surface area (Å²) in [5.41, 5.74) is -1.58. The second-order valence-corrected chi connectivity index (χ2v) is 4.08. The third-order valence-corrected chi connectivity index (χ3v) is 2.92. The van der Waals surface area contributed by atoms with Crippen molar-refractivity contribution in [1.29, 1.82) is 5.26 Å². The van der Waals surface area contributed by atoms with Crippen LogP contribution in [0, 0.1) is 16.0 Å². The summed E-state index contributed by atoms with van der Waals surface area (Å²) in [6.07, 6.45) is -4.77. The quantitative estimate of drug-likeness (QED) is 0.818. The molecule has 2 rings (SSSR count). The number of para-hydroxylation sites is 1. The molecule has 0 amide bonds. The Balaban J connectivity index is 2.85. The third-order valence-electron chi connectivity index (χ3n) is 2.38. The number of hydrogen-bond acceptors (Lipinski definition) is 2. The minimum Gasteiger partial charge on any atom is -0.282 e. The Kier molecular flexibility index (Phi) is 3.31. The fourth-order valence-corrected chi connectivity index (χ4v) is 2.15. The van der Waals surface area contributed by atoms with Crippen molar-refractivity contribution >= 4 is 11.3 Å². The first-order valence-electron chi connectivity index (χ1n) is 4.99. The monoisotopic (exact) mass is 285 g/mol. The molecule has 0 aliphatic carbocycles. The van der Waals surface area contributed by atoms with E-state index in [1.807, 2.05) is 0 Å². The Morgan fingerprint density at radius 2 is 1.89 bits per heavy atom. The van der Waals surface area contributed by atoms with Gasteiger partial charge < -0.3 is 0 Å². The molecule has 19 heavy (non-hydrogen) atoms. The zero-order chi connectivity index (χ0) is 14.0. The van der Waals surface area contributed by atoms with Gasteiger partial charge in [-0.25, -0.2) is 8.89 Å². The van der Waals surface area contributed by atoms with E-state index in [2.05, 4.69) is 5.10 Å². The lowest BCUT2D eigenvalue weighted by molar-refractivity contribution is -0.138. The maximum atomic E-state index is 12.9. The number of benzene rings is 1. The Morgan fingerprint density at radius 1 is 1.26 bits per heavy atom. The van der Waals surface area contributed by atoms with Crippen molar-refractivity contribution in [3.63, 3.8) is 0 Å². The van der Waals surface area contributed by atoms with Crippen LogP contribution in [0.2, 0.25) is 0 Å². The van der Waals surface area contributed by atoms with Gasteiger partial charge in [0.15, 0.2) is 4.64 Å². The van der Waals surface area contributed by atoms with Crippen molar-refractivity contribution in [2.75, 3.05) is 0 Å². The van der Waals surface area contributed by atoms with Gasteiger partial charge in [-0.15, -0.1) is 0 Å². The summed E-state index contributed by atoms with van der Waals surface area (Å²) in [5, 5.41) is 11.0. The number of alkyl halides is 3. The molecule has 0 atom stereocenters. The maximum Gasteiger partial charge on any atom is 0.422 e. The smallest absolute Gasteiger partial charge is 0.282 e. The van der Waals surface area contributed by atoms with Crippen molar-refractivity contribution in [1.82, 2.24) is 9.78 Å². The normalized spacial score (nSPS) is 11.1. The highest BCUT2D eigenvalue weighted by molar-refractivity contribution is 7.56. The lowest BCUT2D eigenvalue weighted by Gasteiger charge is -2.03. The van der Waals surface area contributed by atoms with E-state index in [1.54, 1.807) is 18.2 Å². The molecule has 1 heterocycles. The molecule has 1 N–H and O–H groups in total. The summed E-state index contributed by atoms with van der Waals surface area (Å²) in [5.74, 6) is 0. The van der Waals surface area contributed by atoms with Crippen molar-refractivity contribution in [3.05, 3.63) is 46.2 Å². The van der Waals surface area contributed by atoms with Crippen LogP contribution < -0.4 is 0 Å². The SMILES string of the molecule is N#Cc1[nH]n(-c2ccccc2)c(=S=O)c1C(F)(F)F. The number of hydrogen-bond donors (Lipinski definition) is 1. The number of aromatic amines is 1. The van der Waals surface area contributed by atoms with Crippen LogP contribution >= 0.6 is 0 Å². The van der Waals surface area contributed by atoms with E-state index in [4.69, 9.17) is 5.26 Å². The lowest BCUT2D eigenvalue weighted by Crippen LogP contribution is -2.07. The number of nitriles is 1. The molecule has 0 saturated heterocycles. The fourth-order valence-electron chi connectivity index (χ4n) is 1.62. The zero-order valence-corrected chi connectivity index (χ0v) is 10.0. The van der Waals surface area contributed by atoms with E-state index in [1.165, 1.54) is 18.2 Å². The average Bonchev–Trinajstić information content (AvgIpc) is 2.78. The molecule has 0 bridgehead atoms. The molecule has 0 aliphatic heterocycles. The molecule has 1 aromatic heterocycles. The highest BCUT2D eigenvalue weighted by Gasteiger charge is 2.38. The Bertz CT molecular complexity index is 733. The van der Waals surface area contributed by atoms with Gasteiger partial charge in [0.25, 0.3) is 0 Å². The number of H-pyrrole nitrogens is 1. The van der Waals surface area contributed by atoms with Crippen molar-refractivity contribution < 1.29 is 17.4 Å². The molecular formula is C11H6F3N3OS. The largest absolute Gasteiger partial charge is 0.422 e. The van der Waals surface area contributed by atoms with Gasteiger partial charge in [0.2, 0.25) is 0 Å². The maximum absolute atomic E-state index is 12.9. The summed E-state index contributed by atoms with van der Waals surface area (Å²) < 4.78 is 50.0. The van der Waals surface area contributed by atoms with Crippen LogP contribution in [0.3, 0.4) is 0 Å². The molecule has 8 heteroatoms. The Morgan fingerprint density at radius 3 is 2.37 bits per heavy atom. The van der Waals surface area contributed by atoms with E-state index >= 15 is 0 Å². The molecule has 0 radical (unpaired) electrons. The van der Waals surface area contributed by atoms with Crippen molar-refractivity contribution in [3.8, 4) is 11.8 Å². The van der Waals surface area contributed by atoms with Gasteiger partial charge in [-0.05, 0) is 12.1 Å². The van der Waals surface area contributed by atoms with E-state index in [0.717, 1.165) is 4.68 Å². The second-order valence-electron chi connectivity index (χ2n) is 3.53. The Hall–Kier alpha value is -2.27. The van der Waals surface area contributed by atoms with Crippen molar-refractivity contribution in [2.45, 2.75) is 6.18 Å². The van der Waals surface area contributed by atoms with E-state index in [-0.39, 0.29) is 11.3 Å². The van der Waals surface area contributed by atoms with Crippen LogP contribution in [0.4, 0.5) is 13.2 Å². The van der Waals surface area contributed by atoms with Crippen LogP contribution in [0.5, 0.6) is 0 Å². The zero-order valence-electron chi connectivity index (χ0n) is 9.23. The number of halogens is 3. The minimum atomic E-state index is -4.77. The van der Waals surface area contributed by atoms with Gasteiger partial charge >= 0.3 is 6.18 Å². The summed E-state index contributed by atoms with van der Waals surface area (Å²) in [6, 6.07) is 9.38. The van der Waals surface area contributed by atoms with Gasteiger partial charge in [0, 0.05) is 0 Å². The standard InChI is InChI=1S/C11H6F3N3OS/c12-11(13,14)9-8(6-15)16-17(10(9)19-18)7-4-2-1-3-5-7/h1-5,16H. The van der Waals surface area contributed by atoms with Crippen LogP contribution in [0.25, 0.3) is 5.69 Å². The molecule has 98 valence electrons. The third kappa shape index (κ3) is 2.32. The predicted molar refractivity (Wildman–Crippen MR) is 61.2 cm³/mol. The van der Waals surface area contributed by atoms with Gasteiger partial charge in [-0.3, -0.25) is 5.10 Å². The van der Waals surface area contributed by atoms with Gasteiger partial charge in [0.05, 0.1) is 5.69 Å². The van der Waals surface area contributed by atoms with E-state index < -0.39 is 22.1 Å². The summed E-state index contributed by atoms with van der Waals surface area (Å²) in [4.78, 5) is 0. The Labute approximate surface area is 108 Å². The minimum absolute atomic E-state index is 0.309. The summed E-state index contributed by atoms with van der Waals surface area (Å²) >= 11 is -0.309. The first kappa shape index (κ1) is 13.2. The van der Waals surface area contributed by atoms with Crippen LogP contribution in [-0.4, -0.2) is 14.0 Å². The molecule has 0 fully saturated rings. The van der Waals surface area contributed by atoms with E-state index in [9.17, 15) is 17.4 Å². The number of aromatic nitrogens is 2. The molecule has 0 saturated carbocycles. The van der Waals surface area contributed by atoms with E-state index in [0.29, 0.717) is 5.69 Å². The molecular weight excluding hydrogens is 279 g/mol. The number of rotatable bonds is 1. The number of nitrogens with zero attached hydrogens (tertiary/aromatic N) is 2. The molecule has 4 nitrogen and oxygen atoms in total. The summed E-state index contributed by atoms with van der Waals surface area (Å²) in [6.45, 7) is 0. The van der Waals surface area contributed by atoms with Crippen LogP contribution in [0.15, 0.2) is 30.3 Å². The number of nitrogens with one attached hydrogen (secondary N) is 1. The molecule has 0 unspecified atom stereocenters. The molecule has 0 spiro atoms. The predicted octanol–water partition coefficient (Wildman–Crippen LogP) is 2.44. The first-order chi connectivity index (χ1) is 8.99. The van der Waals surface area contributed by atoms with Crippen molar-refractivity contribution in [2.24, 2.45) is 0 Å². The van der Waals surface area contributed by atoms with Crippen LogP contribution in [-0.2, 0) is 17.4 Å². The molecule has 1 aromatic carbocycles. The van der Waals surface area contributed by atoms with Gasteiger partial charge in [-0.2, -0.15) is 18.4 Å². The average molecular weight is 285 g/mol. The summed E-state index contributed by atoms with van der Waals surface area (Å²) in [7, 11) is 0.